The molecule has 0 radical (unpaired) electrons. The van der Waals surface area contributed by atoms with Crippen molar-refractivity contribution in [1.82, 2.24) is 4.98 Å². The Morgan fingerprint density at radius 2 is 1.79 bits per heavy atom. The van der Waals surface area contributed by atoms with E-state index in [9.17, 15) is 9.90 Å². The molecule has 1 N–H and O–H groups in total. The van der Waals surface area contributed by atoms with Crippen LogP contribution in [-0.2, 0) is 22.6 Å². The average molecular weight is 327 g/mol. The smallest absolute Gasteiger partial charge is 0.310 e. The highest BCUT2D eigenvalue weighted by molar-refractivity contribution is 5.72. The molecule has 0 unspecified atom stereocenters. The van der Waals surface area contributed by atoms with Crippen LogP contribution in [0.2, 0.25) is 0 Å². The molecule has 5 nitrogen and oxygen atoms in total. The summed E-state index contributed by atoms with van der Waals surface area (Å²) in [5.41, 5.74) is 1.95. The molecule has 1 aromatic heterocycles. The van der Waals surface area contributed by atoms with Crippen LogP contribution in [0.1, 0.15) is 24.0 Å². The summed E-state index contributed by atoms with van der Waals surface area (Å²) in [6.45, 7) is 0.889. The minimum atomic E-state index is -0.234. The molecule has 1 aliphatic rings. The summed E-state index contributed by atoms with van der Waals surface area (Å²) in [6, 6.07) is 11.3. The van der Waals surface area contributed by atoms with Crippen LogP contribution >= 0.6 is 0 Å². The molecule has 1 heterocycles. The second-order valence-electron chi connectivity index (χ2n) is 6.14. The maximum absolute atomic E-state index is 11.8. The van der Waals surface area contributed by atoms with Crippen LogP contribution in [0.4, 0.5) is 0 Å². The van der Waals surface area contributed by atoms with Crippen molar-refractivity contribution in [2.75, 3.05) is 6.61 Å². The number of carbonyl (C=O) groups excluding carboxylic acids is 1. The van der Waals surface area contributed by atoms with E-state index in [1.54, 1.807) is 12.4 Å². The van der Waals surface area contributed by atoms with E-state index < -0.39 is 0 Å². The first kappa shape index (κ1) is 16.5. The Hall–Kier alpha value is -2.40. The summed E-state index contributed by atoms with van der Waals surface area (Å²) in [7, 11) is 0. The number of rotatable bonds is 7. The van der Waals surface area contributed by atoms with Crippen LogP contribution in [0.15, 0.2) is 48.8 Å². The Morgan fingerprint density at radius 3 is 2.46 bits per heavy atom. The number of nitrogens with zero attached hydrogens (tertiary/aromatic N) is 1. The SMILES string of the molecule is O=C(Cc1ccc(OCc2ccncc2)cc1)OCC1CC(O)C1. The van der Waals surface area contributed by atoms with Gasteiger partial charge in [-0.2, -0.15) is 0 Å². The first-order chi connectivity index (χ1) is 11.7. The van der Waals surface area contributed by atoms with Crippen molar-refractivity contribution in [3.8, 4) is 5.75 Å². The quantitative estimate of drug-likeness (QED) is 0.792. The van der Waals surface area contributed by atoms with Gasteiger partial charge < -0.3 is 14.6 Å². The highest BCUT2D eigenvalue weighted by Gasteiger charge is 2.28. The van der Waals surface area contributed by atoms with Gasteiger partial charge in [-0.25, -0.2) is 0 Å². The summed E-state index contributed by atoms with van der Waals surface area (Å²) in [4.78, 5) is 15.8. The maximum Gasteiger partial charge on any atom is 0.310 e. The van der Waals surface area contributed by atoms with Gasteiger partial charge in [0.2, 0.25) is 0 Å². The first-order valence-electron chi connectivity index (χ1n) is 8.13. The average Bonchev–Trinajstić information content (AvgIpc) is 2.58. The lowest BCUT2D eigenvalue weighted by Gasteiger charge is -2.30. The van der Waals surface area contributed by atoms with E-state index in [1.807, 2.05) is 36.4 Å². The highest BCUT2D eigenvalue weighted by Crippen LogP contribution is 2.27. The van der Waals surface area contributed by atoms with E-state index in [0.29, 0.717) is 19.1 Å². The molecular formula is C19H21NO4. The molecule has 5 heteroatoms. The zero-order chi connectivity index (χ0) is 16.8. The van der Waals surface area contributed by atoms with Crippen LogP contribution in [0.5, 0.6) is 5.75 Å². The molecule has 1 saturated carbocycles. The number of aromatic nitrogens is 1. The van der Waals surface area contributed by atoms with Gasteiger partial charge in [0.25, 0.3) is 0 Å². The Bertz CT molecular complexity index is 651. The van der Waals surface area contributed by atoms with Gasteiger partial charge in [-0.05, 0) is 54.2 Å². The minimum absolute atomic E-state index is 0.214. The second kappa shape index (κ2) is 7.93. The molecule has 0 amide bonds. The topological polar surface area (TPSA) is 68.7 Å². The number of aliphatic hydroxyl groups is 1. The number of benzene rings is 1. The third kappa shape index (κ3) is 4.80. The van der Waals surface area contributed by atoms with Crippen molar-refractivity contribution in [2.45, 2.75) is 32.0 Å². The fraction of sp³-hybridized carbons (Fsp3) is 0.368. The number of hydrogen-bond acceptors (Lipinski definition) is 5. The van der Waals surface area contributed by atoms with Gasteiger partial charge in [0, 0.05) is 12.4 Å². The first-order valence-corrected chi connectivity index (χ1v) is 8.13. The fourth-order valence-electron chi connectivity index (χ4n) is 2.61. The summed E-state index contributed by atoms with van der Waals surface area (Å²) in [5.74, 6) is 0.835. The molecule has 3 rings (SSSR count). The van der Waals surface area contributed by atoms with Crippen LogP contribution < -0.4 is 4.74 Å². The van der Waals surface area contributed by atoms with Crippen LogP contribution in [0.25, 0.3) is 0 Å². The molecule has 0 bridgehead atoms. The molecule has 126 valence electrons. The molecule has 1 aromatic carbocycles. The van der Waals surface area contributed by atoms with E-state index in [-0.39, 0.29) is 18.5 Å². The van der Waals surface area contributed by atoms with Gasteiger partial charge in [0.1, 0.15) is 12.4 Å². The molecule has 2 aromatic rings. The monoisotopic (exact) mass is 327 g/mol. The summed E-state index contributed by atoms with van der Waals surface area (Å²) >= 11 is 0. The van der Waals surface area contributed by atoms with Gasteiger partial charge >= 0.3 is 5.97 Å². The minimum Gasteiger partial charge on any atom is -0.489 e. The molecule has 0 atom stereocenters. The predicted octanol–water partition coefficient (Wildman–Crippen LogP) is 2.52. The molecule has 1 fully saturated rings. The zero-order valence-electron chi connectivity index (χ0n) is 13.4. The molecule has 0 aliphatic heterocycles. The van der Waals surface area contributed by atoms with Crippen molar-refractivity contribution >= 4 is 5.97 Å². The van der Waals surface area contributed by atoms with Gasteiger partial charge in [-0.15, -0.1) is 0 Å². The number of carbonyl (C=O) groups is 1. The Morgan fingerprint density at radius 1 is 1.08 bits per heavy atom. The van der Waals surface area contributed by atoms with Crippen LogP contribution in [0.3, 0.4) is 0 Å². The summed E-state index contributed by atoms with van der Waals surface area (Å²) in [6.07, 6.45) is 4.97. The molecule has 0 spiro atoms. The highest BCUT2D eigenvalue weighted by atomic mass is 16.5. The van der Waals surface area contributed by atoms with Crippen molar-refractivity contribution in [1.29, 1.82) is 0 Å². The Balaban J connectivity index is 1.41. The Kier molecular flexibility index (Phi) is 5.43. The van der Waals surface area contributed by atoms with Crippen LogP contribution in [0, 0.1) is 5.92 Å². The number of esters is 1. The van der Waals surface area contributed by atoms with Gasteiger partial charge in [-0.1, -0.05) is 12.1 Å². The normalized spacial score (nSPS) is 19.4. The third-order valence-corrected chi connectivity index (χ3v) is 4.12. The predicted molar refractivity (Wildman–Crippen MR) is 88.4 cm³/mol. The van der Waals surface area contributed by atoms with Crippen molar-refractivity contribution in [3.63, 3.8) is 0 Å². The number of ether oxygens (including phenoxy) is 2. The molecule has 1 aliphatic carbocycles. The van der Waals surface area contributed by atoms with E-state index in [1.165, 1.54) is 0 Å². The number of hydrogen-bond donors (Lipinski definition) is 1. The van der Waals surface area contributed by atoms with E-state index in [4.69, 9.17) is 9.47 Å². The summed E-state index contributed by atoms with van der Waals surface area (Å²) in [5, 5.41) is 9.21. The van der Waals surface area contributed by atoms with E-state index in [2.05, 4.69) is 4.98 Å². The maximum atomic E-state index is 11.8. The molecule has 0 saturated heterocycles. The lowest BCUT2D eigenvalue weighted by molar-refractivity contribution is -0.146. The number of aliphatic hydroxyl groups excluding tert-OH is 1. The standard InChI is InChI=1S/C19H21NO4/c21-17-9-16(10-17)13-24-19(22)11-14-1-3-18(4-2-14)23-12-15-5-7-20-8-6-15/h1-8,16-17,21H,9-13H2. The van der Waals surface area contributed by atoms with Gasteiger partial charge in [-0.3, -0.25) is 9.78 Å². The van der Waals surface area contributed by atoms with E-state index in [0.717, 1.165) is 29.7 Å². The Labute approximate surface area is 141 Å². The van der Waals surface area contributed by atoms with E-state index >= 15 is 0 Å². The van der Waals surface area contributed by atoms with Crippen molar-refractivity contribution < 1.29 is 19.4 Å². The van der Waals surface area contributed by atoms with Crippen molar-refractivity contribution in [2.24, 2.45) is 5.92 Å². The number of pyridine rings is 1. The zero-order valence-corrected chi connectivity index (χ0v) is 13.4. The largest absolute Gasteiger partial charge is 0.489 e. The second-order valence-corrected chi connectivity index (χ2v) is 6.14. The fourth-order valence-corrected chi connectivity index (χ4v) is 2.61. The summed E-state index contributed by atoms with van der Waals surface area (Å²) < 4.78 is 10.9. The van der Waals surface area contributed by atoms with Crippen molar-refractivity contribution in [3.05, 3.63) is 59.9 Å². The molecular weight excluding hydrogens is 306 g/mol. The lowest BCUT2D eigenvalue weighted by atomic mass is 9.83. The third-order valence-electron chi connectivity index (χ3n) is 4.12. The lowest BCUT2D eigenvalue weighted by Crippen LogP contribution is -2.32. The molecule has 24 heavy (non-hydrogen) atoms. The van der Waals surface area contributed by atoms with Crippen LogP contribution in [-0.4, -0.2) is 28.8 Å². The van der Waals surface area contributed by atoms with Gasteiger partial charge in [0.05, 0.1) is 19.1 Å². The van der Waals surface area contributed by atoms with Gasteiger partial charge in [0.15, 0.2) is 0 Å².